The Morgan fingerprint density at radius 1 is 1.20 bits per heavy atom. The number of nitrogens with zero attached hydrogens (tertiary/aromatic N) is 1. The van der Waals surface area contributed by atoms with Crippen molar-refractivity contribution in [3.63, 3.8) is 0 Å². The quantitative estimate of drug-likeness (QED) is 0.467. The number of likely N-dealkylation sites (tertiary alicyclic amines) is 1. The summed E-state index contributed by atoms with van der Waals surface area (Å²) in [5.41, 5.74) is 0.236. The van der Waals surface area contributed by atoms with Gasteiger partial charge in [-0.15, -0.1) is 0 Å². The number of hydrogen-bond donors (Lipinski definition) is 1. The molecule has 1 N–H and O–H groups in total. The zero-order valence-electron chi connectivity index (χ0n) is 22.0. The van der Waals surface area contributed by atoms with Gasteiger partial charge in [0, 0.05) is 36.7 Å². The average Bonchev–Trinajstić information content (AvgIpc) is 3.11. The van der Waals surface area contributed by atoms with Crippen molar-refractivity contribution in [3.8, 4) is 11.5 Å². The van der Waals surface area contributed by atoms with Crippen molar-refractivity contribution in [1.82, 2.24) is 10.2 Å². The number of alkyl carbamates (subject to hydrolysis) is 1. The zero-order valence-corrected chi connectivity index (χ0v) is 22.0. The van der Waals surface area contributed by atoms with E-state index in [4.69, 9.17) is 18.9 Å². The van der Waals surface area contributed by atoms with Crippen molar-refractivity contribution >= 4 is 18.0 Å². The number of amides is 2. The van der Waals surface area contributed by atoms with Gasteiger partial charge in [0.2, 0.25) is 5.91 Å². The van der Waals surface area contributed by atoms with Crippen LogP contribution in [0.15, 0.2) is 18.2 Å². The normalized spacial score (nSPS) is 17.5. The molecule has 9 nitrogen and oxygen atoms in total. The molecular weight excluding hydrogens is 452 g/mol. The molecule has 0 bridgehead atoms. The summed E-state index contributed by atoms with van der Waals surface area (Å²) < 4.78 is 21.3. The van der Waals surface area contributed by atoms with Crippen LogP contribution in [0.4, 0.5) is 4.79 Å². The van der Waals surface area contributed by atoms with E-state index in [1.54, 1.807) is 59.8 Å². The lowest BCUT2D eigenvalue weighted by atomic mass is 9.92. The lowest BCUT2D eigenvalue weighted by Gasteiger charge is -2.26. The van der Waals surface area contributed by atoms with E-state index < -0.39 is 23.7 Å². The maximum Gasteiger partial charge on any atom is 0.407 e. The fourth-order valence-electron chi connectivity index (χ4n) is 4.21. The van der Waals surface area contributed by atoms with Crippen LogP contribution in [0.25, 0.3) is 0 Å². The topological polar surface area (TPSA) is 103 Å². The Balaban J connectivity index is 2.09. The first-order valence-electron chi connectivity index (χ1n) is 12.1. The number of carbonyl (C=O) groups is 3. The highest BCUT2D eigenvalue weighted by Gasteiger charge is 2.35. The van der Waals surface area contributed by atoms with Gasteiger partial charge in [-0.1, -0.05) is 6.92 Å². The minimum atomic E-state index is -0.654. The van der Waals surface area contributed by atoms with Crippen LogP contribution in [-0.2, 0) is 25.6 Å². The van der Waals surface area contributed by atoms with Gasteiger partial charge < -0.3 is 29.2 Å². The van der Waals surface area contributed by atoms with E-state index in [9.17, 15) is 14.4 Å². The number of ether oxygens (including phenoxy) is 4. The molecule has 3 unspecified atom stereocenters. The third kappa shape index (κ3) is 8.64. The Kier molecular flexibility index (Phi) is 10.2. The molecule has 2 amide bonds. The molecule has 3 atom stereocenters. The van der Waals surface area contributed by atoms with E-state index in [1.807, 2.05) is 12.1 Å². The van der Waals surface area contributed by atoms with Crippen molar-refractivity contribution in [2.75, 3.05) is 27.4 Å². The van der Waals surface area contributed by atoms with E-state index in [2.05, 4.69) is 5.32 Å². The van der Waals surface area contributed by atoms with Crippen molar-refractivity contribution < 1.29 is 33.3 Å². The molecule has 1 aromatic carbocycles. The molecule has 0 radical (unpaired) electrons. The second-order valence-electron chi connectivity index (χ2n) is 9.89. The largest absolute Gasteiger partial charge is 0.497 e. The first-order chi connectivity index (χ1) is 16.5. The maximum atomic E-state index is 13.2. The minimum Gasteiger partial charge on any atom is -0.497 e. The van der Waals surface area contributed by atoms with E-state index >= 15 is 0 Å². The van der Waals surface area contributed by atoms with E-state index in [0.29, 0.717) is 43.9 Å². The number of hydrogen-bond acceptors (Lipinski definition) is 7. The number of esters is 1. The highest BCUT2D eigenvalue weighted by Crippen LogP contribution is 2.30. The highest BCUT2D eigenvalue weighted by molar-refractivity contribution is 5.81. The summed E-state index contributed by atoms with van der Waals surface area (Å²) in [7, 11) is 3.18. The molecule has 0 saturated carbocycles. The molecule has 35 heavy (non-hydrogen) atoms. The van der Waals surface area contributed by atoms with Crippen LogP contribution >= 0.6 is 0 Å². The molecule has 1 heterocycles. The first kappa shape index (κ1) is 28.3. The SMILES string of the molecule is CCOC(=O)C(C)CC(CC1CCN(Cc2ccc(OC)cc2OC)C1=O)NC(=O)OC(C)(C)C. The summed E-state index contributed by atoms with van der Waals surface area (Å²) >= 11 is 0. The Hall–Kier alpha value is -2.97. The maximum absolute atomic E-state index is 13.2. The molecule has 1 saturated heterocycles. The molecule has 196 valence electrons. The fraction of sp³-hybridized carbons (Fsp3) is 0.654. The van der Waals surface area contributed by atoms with E-state index in [-0.39, 0.29) is 24.4 Å². The summed E-state index contributed by atoms with van der Waals surface area (Å²) in [6.45, 7) is 10.2. The Morgan fingerprint density at radius 3 is 2.51 bits per heavy atom. The minimum absolute atomic E-state index is 0.0163. The number of benzene rings is 1. The molecule has 9 heteroatoms. The van der Waals surface area contributed by atoms with Crippen LogP contribution in [0.1, 0.15) is 59.4 Å². The zero-order chi connectivity index (χ0) is 26.2. The van der Waals surface area contributed by atoms with Crippen molar-refractivity contribution in [2.24, 2.45) is 11.8 Å². The van der Waals surface area contributed by atoms with Crippen LogP contribution in [0.2, 0.25) is 0 Å². The van der Waals surface area contributed by atoms with Crippen LogP contribution < -0.4 is 14.8 Å². The highest BCUT2D eigenvalue weighted by atomic mass is 16.6. The van der Waals surface area contributed by atoms with E-state index in [1.165, 1.54) is 0 Å². The number of rotatable bonds is 11. The molecule has 1 aliphatic heterocycles. The average molecular weight is 493 g/mol. The van der Waals surface area contributed by atoms with Crippen LogP contribution in [0, 0.1) is 11.8 Å². The molecule has 0 aliphatic carbocycles. The van der Waals surface area contributed by atoms with Gasteiger partial charge in [-0.3, -0.25) is 9.59 Å². The van der Waals surface area contributed by atoms with Gasteiger partial charge in [0.15, 0.2) is 0 Å². The van der Waals surface area contributed by atoms with Crippen LogP contribution in [-0.4, -0.2) is 61.9 Å². The third-order valence-corrected chi connectivity index (χ3v) is 5.88. The summed E-state index contributed by atoms with van der Waals surface area (Å²) in [4.78, 5) is 39.7. The van der Waals surface area contributed by atoms with Crippen LogP contribution in [0.5, 0.6) is 11.5 Å². The predicted octanol–water partition coefficient (Wildman–Crippen LogP) is 3.93. The molecule has 0 spiro atoms. The van der Waals surface area contributed by atoms with Gasteiger partial charge in [-0.25, -0.2) is 4.79 Å². The van der Waals surface area contributed by atoms with Gasteiger partial charge in [-0.2, -0.15) is 0 Å². The van der Waals surface area contributed by atoms with Crippen molar-refractivity contribution in [1.29, 1.82) is 0 Å². The fourth-order valence-corrected chi connectivity index (χ4v) is 4.21. The van der Waals surface area contributed by atoms with Gasteiger partial charge in [0.1, 0.15) is 17.1 Å². The van der Waals surface area contributed by atoms with Gasteiger partial charge in [0.05, 0.1) is 26.7 Å². The summed E-state index contributed by atoms with van der Waals surface area (Å²) in [6.07, 6.45) is 0.868. The van der Waals surface area contributed by atoms with Gasteiger partial charge >= 0.3 is 12.1 Å². The second kappa shape index (κ2) is 12.7. The monoisotopic (exact) mass is 492 g/mol. The third-order valence-electron chi connectivity index (χ3n) is 5.88. The number of carbonyl (C=O) groups excluding carboxylic acids is 3. The molecule has 1 aliphatic rings. The summed E-state index contributed by atoms with van der Waals surface area (Å²) in [5, 5.41) is 2.87. The number of nitrogens with one attached hydrogen (secondary N) is 1. The number of methoxy groups -OCH3 is 2. The predicted molar refractivity (Wildman–Crippen MR) is 131 cm³/mol. The Labute approximate surface area is 208 Å². The van der Waals surface area contributed by atoms with E-state index in [0.717, 1.165) is 5.56 Å². The van der Waals surface area contributed by atoms with Crippen molar-refractivity contribution in [3.05, 3.63) is 23.8 Å². The molecule has 0 aromatic heterocycles. The molecule has 1 fully saturated rings. The summed E-state index contributed by atoms with van der Waals surface area (Å²) in [6, 6.07) is 5.12. The standard InChI is InChI=1S/C26H40N2O7/c1-8-34-24(30)17(2)13-20(27-25(31)35-26(3,4)5)14-18-11-12-28(23(18)29)16-19-9-10-21(32-6)15-22(19)33-7/h9-10,15,17-18,20H,8,11-14,16H2,1-7H3,(H,27,31). The van der Waals surface area contributed by atoms with Crippen LogP contribution in [0.3, 0.4) is 0 Å². The first-order valence-corrected chi connectivity index (χ1v) is 12.1. The molecule has 1 aromatic rings. The Morgan fingerprint density at radius 2 is 1.91 bits per heavy atom. The lowest BCUT2D eigenvalue weighted by molar-refractivity contribution is -0.147. The smallest absolute Gasteiger partial charge is 0.407 e. The van der Waals surface area contributed by atoms with Gasteiger partial charge in [-0.05, 0) is 59.1 Å². The summed E-state index contributed by atoms with van der Waals surface area (Å²) in [5.74, 6) is 0.341. The Bertz CT molecular complexity index is 881. The van der Waals surface area contributed by atoms with Crippen molar-refractivity contribution in [2.45, 2.75) is 72.1 Å². The second-order valence-corrected chi connectivity index (χ2v) is 9.89. The van der Waals surface area contributed by atoms with Gasteiger partial charge in [0.25, 0.3) is 0 Å². The lowest BCUT2D eigenvalue weighted by Crippen LogP contribution is -2.42. The molecular formula is C26H40N2O7. The molecule has 2 rings (SSSR count).